The summed E-state index contributed by atoms with van der Waals surface area (Å²) < 4.78 is 5.99. The Kier molecular flexibility index (Phi) is 7.12. The predicted octanol–water partition coefficient (Wildman–Crippen LogP) is 6.39. The SMILES string of the molecule is Cc1ccc(COc2ccc(Cl)cc2/C=C(\C#N)C(=O)Nc2ccccc2C)cc1C. The van der Waals surface area contributed by atoms with Crippen LogP contribution in [-0.2, 0) is 11.4 Å². The third kappa shape index (κ3) is 5.75. The molecule has 0 aliphatic heterocycles. The third-order valence-electron chi connectivity index (χ3n) is 5.00. The molecule has 0 saturated carbocycles. The van der Waals surface area contributed by atoms with Gasteiger partial charge in [0.05, 0.1) is 0 Å². The summed E-state index contributed by atoms with van der Waals surface area (Å²) in [6.45, 7) is 6.37. The molecular formula is C26H23ClN2O2. The number of aryl methyl sites for hydroxylation is 3. The number of nitrogens with one attached hydrogen (secondary N) is 1. The number of anilines is 1. The van der Waals surface area contributed by atoms with Gasteiger partial charge in [0.2, 0.25) is 0 Å². The number of para-hydroxylation sites is 1. The molecule has 5 heteroatoms. The van der Waals surface area contributed by atoms with Crippen LogP contribution in [0.15, 0.2) is 66.2 Å². The molecule has 4 nitrogen and oxygen atoms in total. The summed E-state index contributed by atoms with van der Waals surface area (Å²) in [4.78, 5) is 12.7. The maximum absolute atomic E-state index is 12.7. The minimum absolute atomic E-state index is 0.0402. The monoisotopic (exact) mass is 430 g/mol. The van der Waals surface area contributed by atoms with Crippen molar-refractivity contribution in [2.75, 3.05) is 5.32 Å². The first-order chi connectivity index (χ1) is 14.9. The Morgan fingerprint density at radius 1 is 1.03 bits per heavy atom. The minimum Gasteiger partial charge on any atom is -0.488 e. The van der Waals surface area contributed by atoms with Gasteiger partial charge in [-0.3, -0.25) is 4.79 Å². The highest BCUT2D eigenvalue weighted by atomic mass is 35.5. The molecule has 0 spiro atoms. The number of nitriles is 1. The van der Waals surface area contributed by atoms with Crippen LogP contribution < -0.4 is 10.1 Å². The topological polar surface area (TPSA) is 62.1 Å². The summed E-state index contributed by atoms with van der Waals surface area (Å²) in [7, 11) is 0. The molecule has 1 amide bonds. The van der Waals surface area contributed by atoms with Crippen molar-refractivity contribution in [1.82, 2.24) is 0 Å². The molecule has 0 heterocycles. The Hall–Kier alpha value is -3.55. The Morgan fingerprint density at radius 2 is 1.81 bits per heavy atom. The van der Waals surface area contributed by atoms with Crippen molar-refractivity contribution in [3.05, 3.63) is 99.1 Å². The van der Waals surface area contributed by atoms with E-state index in [2.05, 4.69) is 31.3 Å². The summed E-state index contributed by atoms with van der Waals surface area (Å²) in [5.41, 5.74) is 5.54. The van der Waals surface area contributed by atoms with Crippen LogP contribution in [0.5, 0.6) is 5.75 Å². The lowest BCUT2D eigenvalue weighted by Gasteiger charge is -2.12. The molecule has 0 saturated heterocycles. The first-order valence-electron chi connectivity index (χ1n) is 9.84. The van der Waals surface area contributed by atoms with Crippen molar-refractivity contribution in [2.24, 2.45) is 0 Å². The van der Waals surface area contributed by atoms with Gasteiger partial charge in [-0.25, -0.2) is 0 Å². The maximum atomic E-state index is 12.7. The minimum atomic E-state index is -0.489. The van der Waals surface area contributed by atoms with Crippen LogP contribution in [-0.4, -0.2) is 5.91 Å². The van der Waals surface area contributed by atoms with E-state index in [-0.39, 0.29) is 5.57 Å². The first-order valence-corrected chi connectivity index (χ1v) is 10.2. The molecule has 0 aliphatic carbocycles. The van der Waals surface area contributed by atoms with Crippen LogP contribution in [0, 0.1) is 32.1 Å². The predicted molar refractivity (Wildman–Crippen MR) is 125 cm³/mol. The van der Waals surface area contributed by atoms with Gasteiger partial charge in [-0.15, -0.1) is 0 Å². The van der Waals surface area contributed by atoms with Crippen molar-refractivity contribution in [3.63, 3.8) is 0 Å². The molecule has 0 bridgehead atoms. The molecule has 156 valence electrons. The van der Waals surface area contributed by atoms with Gasteiger partial charge in [-0.1, -0.05) is 48.0 Å². The summed E-state index contributed by atoms with van der Waals surface area (Å²) in [5, 5.41) is 12.8. The quantitative estimate of drug-likeness (QED) is 0.364. The zero-order valence-electron chi connectivity index (χ0n) is 17.7. The summed E-state index contributed by atoms with van der Waals surface area (Å²) in [6, 6.07) is 20.7. The number of carbonyl (C=O) groups excluding carboxylic acids is 1. The lowest BCUT2D eigenvalue weighted by molar-refractivity contribution is -0.112. The molecule has 1 N–H and O–H groups in total. The molecule has 0 aromatic heterocycles. The summed E-state index contributed by atoms with van der Waals surface area (Å²) >= 11 is 6.16. The average Bonchev–Trinajstić information content (AvgIpc) is 2.75. The summed E-state index contributed by atoms with van der Waals surface area (Å²) in [6.07, 6.45) is 1.50. The van der Waals surface area contributed by atoms with Gasteiger partial charge in [0.1, 0.15) is 24.0 Å². The standard InChI is InChI=1S/C26H23ClN2O2/c1-17-8-9-20(12-19(17)3)16-31-25-11-10-23(27)14-21(25)13-22(15-28)26(30)29-24-7-5-4-6-18(24)2/h4-14H,16H2,1-3H3,(H,29,30)/b22-13+. The average molecular weight is 431 g/mol. The van der Waals surface area contributed by atoms with Crippen molar-refractivity contribution >= 4 is 29.3 Å². The number of benzene rings is 3. The highest BCUT2D eigenvalue weighted by Gasteiger charge is 2.13. The van der Waals surface area contributed by atoms with E-state index in [1.807, 2.05) is 37.3 Å². The van der Waals surface area contributed by atoms with Crippen LogP contribution in [0.1, 0.15) is 27.8 Å². The van der Waals surface area contributed by atoms with E-state index in [1.165, 1.54) is 17.2 Å². The molecular weight excluding hydrogens is 408 g/mol. The van der Waals surface area contributed by atoms with Crippen molar-refractivity contribution < 1.29 is 9.53 Å². The van der Waals surface area contributed by atoms with E-state index in [4.69, 9.17) is 16.3 Å². The molecule has 3 aromatic carbocycles. The second-order valence-corrected chi connectivity index (χ2v) is 7.76. The molecule has 0 fully saturated rings. The molecule has 3 rings (SSSR count). The van der Waals surface area contributed by atoms with Crippen molar-refractivity contribution in [3.8, 4) is 11.8 Å². The molecule has 3 aromatic rings. The molecule has 0 atom stereocenters. The fourth-order valence-electron chi connectivity index (χ4n) is 3.02. The van der Waals surface area contributed by atoms with Crippen molar-refractivity contribution in [2.45, 2.75) is 27.4 Å². The number of hydrogen-bond donors (Lipinski definition) is 1. The Morgan fingerprint density at radius 3 is 2.52 bits per heavy atom. The number of amides is 1. The molecule has 0 radical (unpaired) electrons. The molecule has 31 heavy (non-hydrogen) atoms. The lowest BCUT2D eigenvalue weighted by atomic mass is 10.1. The normalized spacial score (nSPS) is 11.0. The van der Waals surface area contributed by atoms with E-state index in [0.717, 1.165) is 11.1 Å². The second kappa shape index (κ2) is 9.97. The highest BCUT2D eigenvalue weighted by Crippen LogP contribution is 2.27. The van der Waals surface area contributed by atoms with Gasteiger partial charge >= 0.3 is 0 Å². The first kappa shape index (κ1) is 22.1. The van der Waals surface area contributed by atoms with Gasteiger partial charge in [0, 0.05) is 16.3 Å². The highest BCUT2D eigenvalue weighted by molar-refractivity contribution is 6.30. The van der Waals surface area contributed by atoms with E-state index >= 15 is 0 Å². The van der Waals surface area contributed by atoms with Gasteiger partial charge in [0.25, 0.3) is 5.91 Å². The second-order valence-electron chi connectivity index (χ2n) is 7.33. The van der Waals surface area contributed by atoms with E-state index in [9.17, 15) is 10.1 Å². The van der Waals surface area contributed by atoms with E-state index < -0.39 is 5.91 Å². The van der Waals surface area contributed by atoms with Crippen LogP contribution >= 0.6 is 11.6 Å². The maximum Gasteiger partial charge on any atom is 0.266 e. The van der Waals surface area contributed by atoms with Gasteiger partial charge in [0.15, 0.2) is 0 Å². The fraction of sp³-hybridized carbons (Fsp3) is 0.154. The van der Waals surface area contributed by atoms with Crippen LogP contribution in [0.25, 0.3) is 6.08 Å². The van der Waals surface area contributed by atoms with Gasteiger partial charge < -0.3 is 10.1 Å². The van der Waals surface area contributed by atoms with Crippen LogP contribution in [0.2, 0.25) is 5.02 Å². The summed E-state index contributed by atoms with van der Waals surface area (Å²) in [5.74, 6) is 0.0518. The van der Waals surface area contributed by atoms with Gasteiger partial charge in [-0.05, 0) is 73.4 Å². The number of nitrogens with zero attached hydrogens (tertiary/aromatic N) is 1. The number of hydrogen-bond acceptors (Lipinski definition) is 3. The van der Waals surface area contributed by atoms with Crippen LogP contribution in [0.3, 0.4) is 0 Å². The van der Waals surface area contributed by atoms with E-state index in [0.29, 0.717) is 28.6 Å². The lowest BCUT2D eigenvalue weighted by Crippen LogP contribution is -2.14. The third-order valence-corrected chi connectivity index (χ3v) is 5.23. The Bertz CT molecular complexity index is 1190. The number of carbonyl (C=O) groups is 1. The number of ether oxygens (including phenoxy) is 1. The zero-order valence-corrected chi connectivity index (χ0v) is 18.5. The fourth-order valence-corrected chi connectivity index (χ4v) is 3.21. The number of halogens is 1. The van der Waals surface area contributed by atoms with E-state index in [1.54, 1.807) is 24.3 Å². The Labute approximate surface area is 187 Å². The van der Waals surface area contributed by atoms with Crippen molar-refractivity contribution in [1.29, 1.82) is 5.26 Å². The number of rotatable bonds is 6. The smallest absolute Gasteiger partial charge is 0.266 e. The Balaban J connectivity index is 1.84. The molecule has 0 aliphatic rings. The molecule has 0 unspecified atom stereocenters. The zero-order chi connectivity index (χ0) is 22.4. The largest absolute Gasteiger partial charge is 0.488 e. The van der Waals surface area contributed by atoms with Gasteiger partial charge in [-0.2, -0.15) is 5.26 Å². The van der Waals surface area contributed by atoms with Crippen LogP contribution in [0.4, 0.5) is 5.69 Å².